The summed E-state index contributed by atoms with van der Waals surface area (Å²) in [6.07, 6.45) is 1.64. The van der Waals surface area contributed by atoms with Crippen molar-refractivity contribution < 1.29 is 14.4 Å². The smallest absolute Gasteiger partial charge is 0.309 e. The Hall–Kier alpha value is -3.61. The minimum Gasteiger partial charge on any atom is -0.381 e. The predicted molar refractivity (Wildman–Crippen MR) is 125 cm³/mol. The molecular formula is C25H32N4O3. The zero-order chi connectivity index (χ0) is 23.2. The highest BCUT2D eigenvalue weighted by Gasteiger charge is 2.14. The molecule has 0 spiro atoms. The molecule has 2 rings (SSSR count). The fraction of sp³-hybridized carbons (Fsp3) is 0.320. The molecule has 32 heavy (non-hydrogen) atoms. The van der Waals surface area contributed by atoms with Gasteiger partial charge in [-0.15, -0.1) is 0 Å². The molecule has 0 aliphatic rings. The molecule has 0 aromatic heterocycles. The van der Waals surface area contributed by atoms with Crippen LogP contribution in [0.25, 0.3) is 0 Å². The molecule has 0 saturated heterocycles. The first-order valence-corrected chi connectivity index (χ1v) is 10.8. The van der Waals surface area contributed by atoms with Crippen molar-refractivity contribution in [1.29, 1.82) is 0 Å². The second kappa shape index (κ2) is 13.6. The van der Waals surface area contributed by atoms with Gasteiger partial charge in [0.05, 0.1) is 5.70 Å². The predicted octanol–water partition coefficient (Wildman–Crippen LogP) is 2.26. The van der Waals surface area contributed by atoms with Gasteiger partial charge in [0.15, 0.2) is 0 Å². The van der Waals surface area contributed by atoms with Gasteiger partial charge in [-0.25, -0.2) is 0 Å². The topological polar surface area (TPSA) is 99.3 Å². The molecule has 170 valence electrons. The van der Waals surface area contributed by atoms with E-state index >= 15 is 0 Å². The van der Waals surface area contributed by atoms with Crippen molar-refractivity contribution in [1.82, 2.24) is 21.3 Å². The van der Waals surface area contributed by atoms with Gasteiger partial charge in [-0.3, -0.25) is 14.4 Å². The second-order valence-corrected chi connectivity index (χ2v) is 7.70. The van der Waals surface area contributed by atoms with Crippen molar-refractivity contribution in [3.05, 3.63) is 84.1 Å². The van der Waals surface area contributed by atoms with Crippen molar-refractivity contribution in [2.24, 2.45) is 5.92 Å². The van der Waals surface area contributed by atoms with Crippen molar-refractivity contribution in [2.75, 3.05) is 13.1 Å². The summed E-state index contributed by atoms with van der Waals surface area (Å²) in [4.78, 5) is 35.9. The molecule has 1 unspecified atom stereocenters. The van der Waals surface area contributed by atoms with E-state index in [4.69, 9.17) is 0 Å². The molecule has 0 aliphatic heterocycles. The Morgan fingerprint density at radius 1 is 0.750 bits per heavy atom. The van der Waals surface area contributed by atoms with Gasteiger partial charge in [0, 0.05) is 26.2 Å². The van der Waals surface area contributed by atoms with Crippen LogP contribution < -0.4 is 21.3 Å². The molecule has 1 atom stereocenters. The molecule has 4 N–H and O–H groups in total. The second-order valence-electron chi connectivity index (χ2n) is 7.70. The lowest BCUT2D eigenvalue weighted by atomic mass is 10.1. The molecule has 0 radical (unpaired) electrons. The van der Waals surface area contributed by atoms with Crippen LogP contribution in [0.15, 0.2) is 72.9 Å². The molecule has 0 bridgehead atoms. The van der Waals surface area contributed by atoms with Crippen LogP contribution in [-0.4, -0.2) is 30.8 Å². The maximum absolute atomic E-state index is 12.1. The third-order valence-corrected chi connectivity index (χ3v) is 4.90. The van der Waals surface area contributed by atoms with Crippen LogP contribution in [-0.2, 0) is 27.5 Å². The molecule has 7 nitrogen and oxygen atoms in total. The summed E-state index contributed by atoms with van der Waals surface area (Å²) in [6.45, 7) is 7.57. The van der Waals surface area contributed by atoms with Crippen molar-refractivity contribution in [3.63, 3.8) is 0 Å². The number of carbonyl (C=O) groups is 3. The Morgan fingerprint density at radius 2 is 1.25 bits per heavy atom. The van der Waals surface area contributed by atoms with Gasteiger partial charge in [0.2, 0.25) is 0 Å². The molecule has 0 heterocycles. The van der Waals surface area contributed by atoms with Crippen LogP contribution in [0.5, 0.6) is 0 Å². The number of amides is 3. The highest BCUT2D eigenvalue weighted by atomic mass is 16.2. The summed E-state index contributed by atoms with van der Waals surface area (Å²) in [5.74, 6) is -1.30. The summed E-state index contributed by atoms with van der Waals surface area (Å²) in [5, 5.41) is 11.1. The van der Waals surface area contributed by atoms with E-state index in [0.717, 1.165) is 24.0 Å². The summed E-state index contributed by atoms with van der Waals surface area (Å²) in [5.41, 5.74) is 2.29. The third kappa shape index (κ3) is 9.47. The largest absolute Gasteiger partial charge is 0.381 e. The van der Waals surface area contributed by atoms with Crippen LogP contribution in [0.2, 0.25) is 0 Å². The molecule has 2 aromatic carbocycles. The summed E-state index contributed by atoms with van der Waals surface area (Å²) in [6, 6.07) is 19.1. The van der Waals surface area contributed by atoms with Crippen LogP contribution in [0.1, 0.15) is 30.9 Å². The Labute approximate surface area is 189 Å². The number of hydrogen-bond acceptors (Lipinski definition) is 4. The lowest BCUT2D eigenvalue weighted by molar-refractivity contribution is -0.139. The Morgan fingerprint density at radius 3 is 1.81 bits per heavy atom. The van der Waals surface area contributed by atoms with Gasteiger partial charge in [-0.1, -0.05) is 74.2 Å². The molecule has 0 fully saturated rings. The fourth-order valence-electron chi connectivity index (χ4n) is 2.96. The lowest BCUT2D eigenvalue weighted by Crippen LogP contribution is -2.41. The molecule has 3 amide bonds. The maximum Gasteiger partial charge on any atom is 0.309 e. The minimum atomic E-state index is -0.638. The SMILES string of the molecule is C=C(NCCCC(C)CNC(=O)C(=O)NCc1ccccc1)C(=O)NCc1ccccc1. The first-order chi connectivity index (χ1) is 15.5. The highest BCUT2D eigenvalue weighted by molar-refractivity contribution is 6.35. The highest BCUT2D eigenvalue weighted by Crippen LogP contribution is 2.04. The Bertz CT molecular complexity index is 885. The van der Waals surface area contributed by atoms with Gasteiger partial charge in [-0.05, 0) is 29.9 Å². The van der Waals surface area contributed by atoms with Gasteiger partial charge in [0.1, 0.15) is 0 Å². The van der Waals surface area contributed by atoms with Crippen molar-refractivity contribution in [2.45, 2.75) is 32.9 Å². The third-order valence-electron chi connectivity index (χ3n) is 4.90. The van der Waals surface area contributed by atoms with E-state index in [9.17, 15) is 14.4 Å². The van der Waals surface area contributed by atoms with E-state index in [1.54, 1.807) is 0 Å². The van der Waals surface area contributed by atoms with Gasteiger partial charge in [0.25, 0.3) is 5.91 Å². The van der Waals surface area contributed by atoms with Crippen LogP contribution >= 0.6 is 0 Å². The summed E-state index contributed by atoms with van der Waals surface area (Å²) >= 11 is 0. The monoisotopic (exact) mass is 436 g/mol. The zero-order valence-corrected chi connectivity index (χ0v) is 18.5. The lowest BCUT2D eigenvalue weighted by Gasteiger charge is -2.14. The summed E-state index contributed by atoms with van der Waals surface area (Å²) < 4.78 is 0. The average molecular weight is 437 g/mol. The van der Waals surface area contributed by atoms with E-state index in [-0.39, 0.29) is 11.8 Å². The molecule has 0 saturated carbocycles. The first kappa shape index (κ1) is 24.7. The van der Waals surface area contributed by atoms with E-state index in [0.29, 0.717) is 31.9 Å². The standard InChI is InChI=1S/C25H32N4O3/c1-19(16-27-24(31)25(32)29-18-22-13-7-4-8-14-22)10-9-15-26-20(2)23(30)28-17-21-11-5-3-6-12-21/h3-8,11-14,19,26H,2,9-10,15-18H2,1H3,(H,27,31)(H,28,30)(H,29,32). The average Bonchev–Trinajstić information content (AvgIpc) is 2.83. The minimum absolute atomic E-state index is 0.197. The number of hydrogen-bond donors (Lipinski definition) is 4. The first-order valence-electron chi connectivity index (χ1n) is 10.8. The molecule has 2 aromatic rings. The maximum atomic E-state index is 12.1. The molecular weight excluding hydrogens is 404 g/mol. The van der Waals surface area contributed by atoms with Gasteiger partial charge < -0.3 is 21.3 Å². The van der Waals surface area contributed by atoms with E-state index < -0.39 is 11.8 Å². The van der Waals surface area contributed by atoms with E-state index in [1.807, 2.05) is 67.6 Å². The van der Waals surface area contributed by atoms with E-state index in [2.05, 4.69) is 27.8 Å². The van der Waals surface area contributed by atoms with E-state index in [1.165, 1.54) is 0 Å². The number of nitrogens with one attached hydrogen (secondary N) is 4. The molecule has 7 heteroatoms. The fourth-order valence-corrected chi connectivity index (χ4v) is 2.96. The number of carbonyl (C=O) groups excluding carboxylic acids is 3. The normalized spacial score (nSPS) is 11.2. The Kier molecular flexibility index (Phi) is 10.5. The van der Waals surface area contributed by atoms with Crippen molar-refractivity contribution >= 4 is 17.7 Å². The van der Waals surface area contributed by atoms with Crippen LogP contribution in [0.3, 0.4) is 0 Å². The van der Waals surface area contributed by atoms with Gasteiger partial charge in [-0.2, -0.15) is 0 Å². The quantitative estimate of drug-likeness (QED) is 0.233. The molecule has 0 aliphatic carbocycles. The van der Waals surface area contributed by atoms with Crippen molar-refractivity contribution in [3.8, 4) is 0 Å². The number of rotatable bonds is 12. The Balaban J connectivity index is 1.54. The number of benzene rings is 2. The van der Waals surface area contributed by atoms with Crippen LogP contribution in [0.4, 0.5) is 0 Å². The summed E-state index contributed by atoms with van der Waals surface area (Å²) in [7, 11) is 0. The zero-order valence-electron chi connectivity index (χ0n) is 18.5. The van der Waals surface area contributed by atoms with Gasteiger partial charge >= 0.3 is 11.8 Å². The van der Waals surface area contributed by atoms with Crippen LogP contribution in [0, 0.1) is 5.92 Å².